The van der Waals surface area contributed by atoms with E-state index in [-0.39, 0.29) is 23.4 Å². The highest BCUT2D eigenvalue weighted by molar-refractivity contribution is 5.79. The van der Waals surface area contributed by atoms with Crippen LogP contribution in [0, 0.1) is 6.92 Å². The Labute approximate surface area is 147 Å². The van der Waals surface area contributed by atoms with Crippen molar-refractivity contribution in [3.8, 4) is 11.5 Å². The first-order chi connectivity index (χ1) is 12.0. The minimum Gasteiger partial charge on any atom is -0.351 e. The predicted molar refractivity (Wildman–Crippen MR) is 96.2 cm³/mol. The van der Waals surface area contributed by atoms with Gasteiger partial charge in [0.1, 0.15) is 5.69 Å². The number of amides is 1. The molecule has 0 aliphatic heterocycles. The first kappa shape index (κ1) is 17.3. The van der Waals surface area contributed by atoms with Gasteiger partial charge in [-0.25, -0.2) is 4.98 Å². The fraction of sp³-hybridized carbons (Fsp3) is 0.474. The first-order valence-electron chi connectivity index (χ1n) is 8.79. The average Bonchev–Trinajstić information content (AvgIpc) is 2.59. The Morgan fingerprint density at radius 1 is 1.28 bits per heavy atom. The Bertz CT molecular complexity index is 808. The number of H-pyrrole nitrogens is 1. The van der Waals surface area contributed by atoms with Gasteiger partial charge in [0.2, 0.25) is 5.91 Å². The Morgan fingerprint density at radius 3 is 2.68 bits per heavy atom. The Balaban J connectivity index is 1.76. The zero-order valence-corrected chi connectivity index (χ0v) is 14.8. The molecule has 2 aromatic rings. The molecule has 1 saturated carbocycles. The zero-order chi connectivity index (χ0) is 17.9. The van der Waals surface area contributed by atoms with Crippen LogP contribution in [0.1, 0.15) is 50.3 Å². The maximum atomic E-state index is 12.4. The number of aromatic nitrogens is 3. The maximum Gasteiger partial charge on any atom is 0.255 e. The molecule has 6 nitrogen and oxygen atoms in total. The van der Waals surface area contributed by atoms with Crippen LogP contribution in [-0.4, -0.2) is 26.4 Å². The van der Waals surface area contributed by atoms with E-state index in [1.54, 1.807) is 25.3 Å². The van der Waals surface area contributed by atoms with Crippen LogP contribution in [0.4, 0.5) is 0 Å². The number of aryl methyl sites for hydroxylation is 1. The predicted octanol–water partition coefficient (Wildman–Crippen LogP) is 2.52. The first-order valence-corrected chi connectivity index (χ1v) is 8.79. The van der Waals surface area contributed by atoms with Crippen molar-refractivity contribution in [3.05, 3.63) is 46.0 Å². The van der Waals surface area contributed by atoms with E-state index in [1.807, 2.05) is 6.07 Å². The van der Waals surface area contributed by atoms with E-state index in [4.69, 9.17) is 0 Å². The van der Waals surface area contributed by atoms with Crippen molar-refractivity contribution in [1.82, 2.24) is 20.3 Å². The topological polar surface area (TPSA) is 87.7 Å². The van der Waals surface area contributed by atoms with Gasteiger partial charge in [-0.05, 0) is 38.8 Å². The lowest BCUT2D eigenvalue weighted by molar-refractivity contribution is -0.122. The summed E-state index contributed by atoms with van der Waals surface area (Å²) in [6, 6.07) is 5.43. The van der Waals surface area contributed by atoms with Crippen molar-refractivity contribution in [2.45, 2.75) is 57.9 Å². The smallest absolute Gasteiger partial charge is 0.255 e. The van der Waals surface area contributed by atoms with E-state index in [2.05, 4.69) is 27.2 Å². The van der Waals surface area contributed by atoms with Gasteiger partial charge in [-0.1, -0.05) is 25.3 Å². The van der Waals surface area contributed by atoms with Crippen molar-refractivity contribution in [2.24, 2.45) is 0 Å². The van der Waals surface area contributed by atoms with Crippen LogP contribution in [0.25, 0.3) is 11.5 Å². The summed E-state index contributed by atoms with van der Waals surface area (Å²) in [7, 11) is 0. The largest absolute Gasteiger partial charge is 0.351 e. The van der Waals surface area contributed by atoms with Crippen molar-refractivity contribution >= 4 is 5.91 Å². The molecule has 0 bridgehead atoms. The minimum atomic E-state index is -0.280. The van der Waals surface area contributed by atoms with Gasteiger partial charge in [-0.15, -0.1) is 0 Å². The Kier molecular flexibility index (Phi) is 4.97. The van der Waals surface area contributed by atoms with Crippen molar-refractivity contribution in [2.75, 3.05) is 0 Å². The van der Waals surface area contributed by atoms with Crippen molar-refractivity contribution < 1.29 is 4.79 Å². The number of hydrogen-bond donors (Lipinski definition) is 2. The fourth-order valence-electron chi connectivity index (χ4n) is 3.44. The lowest BCUT2D eigenvalue weighted by Crippen LogP contribution is -2.48. The summed E-state index contributed by atoms with van der Waals surface area (Å²) in [6.45, 7) is 3.84. The van der Waals surface area contributed by atoms with Crippen LogP contribution in [0.3, 0.4) is 0 Å². The van der Waals surface area contributed by atoms with E-state index >= 15 is 0 Å². The highest BCUT2D eigenvalue weighted by atomic mass is 16.2. The van der Waals surface area contributed by atoms with Crippen LogP contribution in [-0.2, 0) is 11.2 Å². The number of carbonyl (C=O) groups is 1. The molecule has 132 valence electrons. The second-order valence-corrected chi connectivity index (χ2v) is 7.04. The molecule has 0 saturated heterocycles. The maximum absolute atomic E-state index is 12.4. The number of nitrogens with one attached hydrogen (secondary N) is 2. The molecule has 2 N–H and O–H groups in total. The molecule has 0 aromatic carbocycles. The molecule has 3 rings (SSSR count). The second-order valence-electron chi connectivity index (χ2n) is 7.04. The minimum absolute atomic E-state index is 0.0479. The van der Waals surface area contributed by atoms with E-state index in [1.165, 1.54) is 6.42 Å². The van der Waals surface area contributed by atoms with Crippen LogP contribution in [0.15, 0.2) is 29.2 Å². The molecular formula is C19H24N4O2. The van der Waals surface area contributed by atoms with Crippen LogP contribution in [0.5, 0.6) is 0 Å². The van der Waals surface area contributed by atoms with Gasteiger partial charge in [0.25, 0.3) is 5.56 Å². The summed E-state index contributed by atoms with van der Waals surface area (Å²) < 4.78 is 0. The van der Waals surface area contributed by atoms with Gasteiger partial charge in [0.05, 0.1) is 6.42 Å². The number of hydrogen-bond acceptors (Lipinski definition) is 4. The highest BCUT2D eigenvalue weighted by Crippen LogP contribution is 2.27. The molecule has 6 heteroatoms. The molecular weight excluding hydrogens is 316 g/mol. The quantitative estimate of drug-likeness (QED) is 0.895. The monoisotopic (exact) mass is 340 g/mol. The summed E-state index contributed by atoms with van der Waals surface area (Å²) in [5, 5.41) is 3.11. The molecule has 1 aliphatic carbocycles. The molecule has 0 atom stereocenters. The normalized spacial score (nSPS) is 16.4. The number of pyridine rings is 1. The number of carbonyl (C=O) groups excluding carboxylic acids is 1. The molecule has 0 spiro atoms. The molecule has 25 heavy (non-hydrogen) atoms. The van der Waals surface area contributed by atoms with Gasteiger partial charge < -0.3 is 10.3 Å². The van der Waals surface area contributed by atoms with E-state index in [0.29, 0.717) is 22.8 Å². The fourth-order valence-corrected chi connectivity index (χ4v) is 3.44. The summed E-state index contributed by atoms with van der Waals surface area (Å²) in [5.41, 5.74) is 1.15. The molecule has 0 unspecified atom stereocenters. The number of aromatic amines is 1. The third-order valence-corrected chi connectivity index (χ3v) is 4.87. The van der Waals surface area contributed by atoms with Crippen LogP contribution >= 0.6 is 0 Å². The number of nitrogens with zero attached hydrogens (tertiary/aromatic N) is 2. The third-order valence-electron chi connectivity index (χ3n) is 4.87. The zero-order valence-electron chi connectivity index (χ0n) is 14.8. The highest BCUT2D eigenvalue weighted by Gasteiger charge is 2.28. The van der Waals surface area contributed by atoms with Crippen LogP contribution in [0.2, 0.25) is 0 Å². The summed E-state index contributed by atoms with van der Waals surface area (Å²) in [5.74, 6) is 0.303. The standard InChI is InChI=1S/C19H24N4O2/c1-13-14(12-16(24)23-19(2)9-5-3-6-10-19)18(25)22-17(21-13)15-8-4-7-11-20-15/h4,7-8,11H,3,5-6,9-10,12H2,1-2H3,(H,23,24)(H,21,22,25). The second kappa shape index (κ2) is 7.17. The van der Waals surface area contributed by atoms with Gasteiger partial charge in [-0.2, -0.15) is 0 Å². The number of rotatable bonds is 4. The lowest BCUT2D eigenvalue weighted by Gasteiger charge is -2.34. The molecule has 1 aliphatic rings. The van der Waals surface area contributed by atoms with Crippen LogP contribution < -0.4 is 10.9 Å². The molecule has 1 amide bonds. The third kappa shape index (κ3) is 4.13. The van der Waals surface area contributed by atoms with Crippen molar-refractivity contribution in [3.63, 3.8) is 0 Å². The SMILES string of the molecule is Cc1nc(-c2ccccn2)[nH]c(=O)c1CC(=O)NC1(C)CCCCC1. The molecule has 2 aromatic heterocycles. The van der Waals surface area contributed by atoms with Gasteiger partial charge >= 0.3 is 0 Å². The van der Waals surface area contributed by atoms with Gasteiger partial charge in [0, 0.05) is 23.0 Å². The summed E-state index contributed by atoms with van der Waals surface area (Å²) in [6.07, 6.45) is 7.18. The average molecular weight is 340 g/mol. The van der Waals surface area contributed by atoms with Gasteiger partial charge in [0.15, 0.2) is 5.82 Å². The lowest BCUT2D eigenvalue weighted by atomic mass is 9.83. The Hall–Kier alpha value is -2.50. The molecule has 0 radical (unpaired) electrons. The van der Waals surface area contributed by atoms with E-state index < -0.39 is 0 Å². The van der Waals surface area contributed by atoms with E-state index in [9.17, 15) is 9.59 Å². The molecule has 2 heterocycles. The molecule has 1 fully saturated rings. The Morgan fingerprint density at radius 2 is 2.04 bits per heavy atom. The summed E-state index contributed by atoms with van der Waals surface area (Å²) >= 11 is 0. The van der Waals surface area contributed by atoms with Gasteiger partial charge in [-0.3, -0.25) is 14.6 Å². The van der Waals surface area contributed by atoms with Crippen molar-refractivity contribution in [1.29, 1.82) is 0 Å². The van der Waals surface area contributed by atoms with E-state index in [0.717, 1.165) is 25.7 Å². The summed E-state index contributed by atoms with van der Waals surface area (Å²) in [4.78, 5) is 36.2.